The highest BCUT2D eigenvalue weighted by Gasteiger charge is 2.36. The van der Waals surface area contributed by atoms with Gasteiger partial charge < -0.3 is 5.32 Å². The first-order chi connectivity index (χ1) is 7.65. The molecule has 1 aromatic heterocycles. The van der Waals surface area contributed by atoms with Gasteiger partial charge in [-0.25, -0.2) is 4.98 Å². The molecule has 90 valence electrons. The minimum Gasteiger partial charge on any atom is -0.316 e. The molecule has 0 radical (unpaired) electrons. The first-order valence-electron chi connectivity index (χ1n) is 6.16. The van der Waals surface area contributed by atoms with Gasteiger partial charge in [-0.15, -0.1) is 0 Å². The number of likely N-dealkylation sites (N-methyl/N-ethyl adjacent to an activating group) is 1. The fourth-order valence-corrected chi connectivity index (χ4v) is 2.92. The van der Waals surface area contributed by atoms with E-state index in [0.717, 1.165) is 12.2 Å². The van der Waals surface area contributed by atoms with Crippen molar-refractivity contribution in [3.8, 4) is 0 Å². The fourth-order valence-electron chi connectivity index (χ4n) is 2.92. The number of nitrogens with one attached hydrogen (secondary N) is 1. The van der Waals surface area contributed by atoms with Crippen LogP contribution in [0.3, 0.4) is 0 Å². The molecule has 1 unspecified atom stereocenters. The smallest absolute Gasteiger partial charge is 0.138 e. The molecule has 1 atom stereocenters. The second-order valence-corrected chi connectivity index (χ2v) is 5.21. The van der Waals surface area contributed by atoms with Crippen LogP contribution >= 0.6 is 0 Å². The highest BCUT2D eigenvalue weighted by atomic mass is 15.3. The molecule has 4 heteroatoms. The molecular formula is C12H22N4. The zero-order valence-electron chi connectivity index (χ0n) is 10.5. The molecule has 4 nitrogen and oxygen atoms in total. The highest BCUT2D eigenvalue weighted by molar-refractivity contribution is 4.98. The second kappa shape index (κ2) is 4.53. The van der Waals surface area contributed by atoms with Gasteiger partial charge in [0.2, 0.25) is 0 Å². The molecule has 0 bridgehead atoms. The van der Waals surface area contributed by atoms with Crippen LogP contribution in [0.15, 0.2) is 6.33 Å². The molecular weight excluding hydrogens is 200 g/mol. The first-order valence-corrected chi connectivity index (χ1v) is 6.16. The van der Waals surface area contributed by atoms with Crippen molar-refractivity contribution in [1.82, 2.24) is 20.1 Å². The number of rotatable bonds is 4. The Hall–Kier alpha value is -0.900. The molecule has 0 saturated heterocycles. The summed E-state index contributed by atoms with van der Waals surface area (Å²) < 4.78 is 1.88. The van der Waals surface area contributed by atoms with Crippen LogP contribution in [-0.2, 0) is 13.5 Å². The molecule has 0 aliphatic heterocycles. The predicted molar refractivity (Wildman–Crippen MR) is 64.1 cm³/mol. The standard InChI is InChI=1S/C12H22N4/c1-12(6-4-5-7-12)10(13-2)8-11-14-9-15-16(11)3/h9-10,13H,4-8H2,1-3H3. The Kier molecular flexibility index (Phi) is 3.28. The van der Waals surface area contributed by atoms with E-state index in [1.54, 1.807) is 6.33 Å². The largest absolute Gasteiger partial charge is 0.316 e. The molecule has 1 aliphatic carbocycles. The van der Waals surface area contributed by atoms with Crippen molar-refractivity contribution in [1.29, 1.82) is 0 Å². The van der Waals surface area contributed by atoms with Crippen LogP contribution in [0.25, 0.3) is 0 Å². The zero-order valence-corrected chi connectivity index (χ0v) is 10.5. The third kappa shape index (κ3) is 2.12. The van der Waals surface area contributed by atoms with Gasteiger partial charge in [-0.05, 0) is 25.3 Å². The molecule has 2 rings (SSSR count). The van der Waals surface area contributed by atoms with Crippen molar-refractivity contribution >= 4 is 0 Å². The van der Waals surface area contributed by atoms with Gasteiger partial charge >= 0.3 is 0 Å². The zero-order chi connectivity index (χ0) is 11.6. The Labute approximate surface area is 97.5 Å². The molecule has 0 amide bonds. The molecule has 1 N–H and O–H groups in total. The maximum atomic E-state index is 4.32. The Bertz CT molecular complexity index is 339. The molecule has 1 saturated carbocycles. The molecule has 16 heavy (non-hydrogen) atoms. The lowest BCUT2D eigenvalue weighted by Crippen LogP contribution is -2.42. The SMILES string of the molecule is CNC(Cc1ncnn1C)C1(C)CCCC1. The van der Waals surface area contributed by atoms with Crippen molar-refractivity contribution in [2.45, 2.75) is 45.1 Å². The average molecular weight is 222 g/mol. The summed E-state index contributed by atoms with van der Waals surface area (Å²) in [6.45, 7) is 2.40. The van der Waals surface area contributed by atoms with E-state index < -0.39 is 0 Å². The van der Waals surface area contributed by atoms with Crippen LogP contribution in [0.4, 0.5) is 0 Å². The third-order valence-electron chi connectivity index (χ3n) is 4.13. The van der Waals surface area contributed by atoms with E-state index in [0.29, 0.717) is 11.5 Å². The maximum Gasteiger partial charge on any atom is 0.138 e. The van der Waals surface area contributed by atoms with Gasteiger partial charge in [-0.3, -0.25) is 4.68 Å². The van der Waals surface area contributed by atoms with E-state index in [4.69, 9.17) is 0 Å². The van der Waals surface area contributed by atoms with E-state index in [9.17, 15) is 0 Å². The summed E-state index contributed by atoms with van der Waals surface area (Å²) >= 11 is 0. The van der Waals surface area contributed by atoms with Crippen LogP contribution in [0.2, 0.25) is 0 Å². The number of hydrogen-bond donors (Lipinski definition) is 1. The van der Waals surface area contributed by atoms with Gasteiger partial charge in [0, 0.05) is 19.5 Å². The first kappa shape index (κ1) is 11.6. The van der Waals surface area contributed by atoms with Crippen LogP contribution in [0.5, 0.6) is 0 Å². The van der Waals surface area contributed by atoms with Crippen LogP contribution in [0.1, 0.15) is 38.4 Å². The normalized spacial score (nSPS) is 21.2. The Morgan fingerprint density at radius 3 is 2.69 bits per heavy atom. The molecule has 1 fully saturated rings. The highest BCUT2D eigenvalue weighted by Crippen LogP contribution is 2.41. The fraction of sp³-hybridized carbons (Fsp3) is 0.833. The van der Waals surface area contributed by atoms with Crippen LogP contribution in [-0.4, -0.2) is 27.9 Å². The predicted octanol–water partition coefficient (Wildman–Crippen LogP) is 1.53. The van der Waals surface area contributed by atoms with E-state index in [-0.39, 0.29) is 0 Å². The Morgan fingerprint density at radius 2 is 2.19 bits per heavy atom. The van der Waals surface area contributed by atoms with Crippen LogP contribution in [0, 0.1) is 5.41 Å². The number of nitrogens with zero attached hydrogens (tertiary/aromatic N) is 3. The van der Waals surface area contributed by atoms with Crippen molar-refractivity contribution in [2.75, 3.05) is 7.05 Å². The van der Waals surface area contributed by atoms with Gasteiger partial charge in [0.05, 0.1) is 0 Å². The van der Waals surface area contributed by atoms with E-state index in [1.165, 1.54) is 25.7 Å². The summed E-state index contributed by atoms with van der Waals surface area (Å²) in [6, 6.07) is 0.512. The van der Waals surface area contributed by atoms with Crippen LogP contribution < -0.4 is 5.32 Å². The summed E-state index contributed by atoms with van der Waals surface area (Å²) in [5, 5.41) is 7.60. The monoisotopic (exact) mass is 222 g/mol. The summed E-state index contributed by atoms with van der Waals surface area (Å²) in [5.41, 5.74) is 0.431. The van der Waals surface area contributed by atoms with E-state index >= 15 is 0 Å². The quantitative estimate of drug-likeness (QED) is 0.840. The van der Waals surface area contributed by atoms with Gasteiger partial charge in [-0.1, -0.05) is 19.8 Å². The Morgan fingerprint density at radius 1 is 1.50 bits per heavy atom. The maximum absolute atomic E-state index is 4.32. The minimum atomic E-state index is 0.431. The van der Waals surface area contributed by atoms with Crippen molar-refractivity contribution in [2.24, 2.45) is 12.5 Å². The average Bonchev–Trinajstić information content (AvgIpc) is 2.85. The molecule has 0 spiro atoms. The van der Waals surface area contributed by atoms with E-state index in [1.807, 2.05) is 11.7 Å². The number of aromatic nitrogens is 3. The van der Waals surface area contributed by atoms with Gasteiger partial charge in [-0.2, -0.15) is 5.10 Å². The van der Waals surface area contributed by atoms with Crippen molar-refractivity contribution in [3.05, 3.63) is 12.2 Å². The summed E-state index contributed by atoms with van der Waals surface area (Å²) in [6.07, 6.45) is 8.01. The molecule has 1 aliphatic rings. The number of aryl methyl sites for hydroxylation is 1. The lowest BCUT2D eigenvalue weighted by Gasteiger charge is -2.33. The summed E-state index contributed by atoms with van der Waals surface area (Å²) in [5.74, 6) is 1.08. The lowest BCUT2D eigenvalue weighted by molar-refractivity contribution is 0.225. The minimum absolute atomic E-state index is 0.431. The van der Waals surface area contributed by atoms with Crippen molar-refractivity contribution < 1.29 is 0 Å². The molecule has 1 heterocycles. The van der Waals surface area contributed by atoms with Gasteiger partial charge in [0.1, 0.15) is 12.2 Å². The second-order valence-electron chi connectivity index (χ2n) is 5.21. The van der Waals surface area contributed by atoms with E-state index in [2.05, 4.69) is 29.4 Å². The molecule has 1 aromatic rings. The Balaban J connectivity index is 2.08. The molecule has 0 aromatic carbocycles. The third-order valence-corrected chi connectivity index (χ3v) is 4.13. The van der Waals surface area contributed by atoms with Gasteiger partial charge in [0.25, 0.3) is 0 Å². The topological polar surface area (TPSA) is 42.7 Å². The van der Waals surface area contributed by atoms with Crippen molar-refractivity contribution in [3.63, 3.8) is 0 Å². The summed E-state index contributed by atoms with van der Waals surface area (Å²) in [7, 11) is 4.02. The number of hydrogen-bond acceptors (Lipinski definition) is 3. The summed E-state index contributed by atoms with van der Waals surface area (Å²) in [4.78, 5) is 4.32. The lowest BCUT2D eigenvalue weighted by atomic mass is 9.79. The van der Waals surface area contributed by atoms with Gasteiger partial charge in [0.15, 0.2) is 0 Å².